The summed E-state index contributed by atoms with van der Waals surface area (Å²) in [7, 11) is 0. The molecule has 3 nitrogen and oxygen atoms in total. The highest BCUT2D eigenvalue weighted by Gasteiger charge is 2.14. The monoisotopic (exact) mass is 315 g/mol. The van der Waals surface area contributed by atoms with E-state index in [9.17, 15) is 13.6 Å². The molecule has 1 amide bonds. The maximum Gasteiger partial charge on any atom is 0.251 e. The molecule has 0 unspecified atom stereocenters. The summed E-state index contributed by atoms with van der Waals surface area (Å²) in [4.78, 5) is 12.1. The van der Waals surface area contributed by atoms with Crippen molar-refractivity contribution < 1.29 is 18.0 Å². The summed E-state index contributed by atoms with van der Waals surface area (Å²) in [6, 6.07) is 12.4. The van der Waals surface area contributed by atoms with Crippen LogP contribution < -0.4 is 5.32 Å². The van der Waals surface area contributed by atoms with E-state index in [1.54, 1.807) is 0 Å². The van der Waals surface area contributed by atoms with Gasteiger partial charge >= 0.3 is 0 Å². The zero-order valence-electron chi connectivity index (χ0n) is 12.5. The van der Waals surface area contributed by atoms with Crippen molar-refractivity contribution in [3.05, 3.63) is 71.5 Å². The normalized spacial score (nSPS) is 12.3. The summed E-state index contributed by atoms with van der Waals surface area (Å²) in [5, 5.41) is 3.75. The number of fused-ring (bicyclic) bond motifs is 1. The molecule has 23 heavy (non-hydrogen) atoms. The Morgan fingerprint density at radius 1 is 1.13 bits per heavy atom. The number of hydrogen-bond donors (Lipinski definition) is 1. The molecule has 0 fully saturated rings. The molecule has 1 aromatic heterocycles. The van der Waals surface area contributed by atoms with Gasteiger partial charge in [0.15, 0.2) is 11.6 Å². The molecule has 1 atom stereocenters. The number of furan rings is 1. The Labute approximate surface area is 131 Å². The summed E-state index contributed by atoms with van der Waals surface area (Å²) >= 11 is 0. The number of amides is 1. The van der Waals surface area contributed by atoms with Crippen molar-refractivity contribution in [2.24, 2.45) is 0 Å². The predicted molar refractivity (Wildman–Crippen MR) is 83.2 cm³/mol. The van der Waals surface area contributed by atoms with Gasteiger partial charge in [0.1, 0.15) is 11.3 Å². The molecular formula is C18H15F2NO2. The number of carbonyl (C=O) groups excluding carboxylic acids is 1. The molecule has 0 saturated heterocycles. The molecule has 118 valence electrons. The van der Waals surface area contributed by atoms with Gasteiger partial charge in [0, 0.05) is 23.4 Å². The average molecular weight is 315 g/mol. The van der Waals surface area contributed by atoms with Crippen molar-refractivity contribution >= 4 is 16.9 Å². The maximum atomic E-state index is 13.2. The molecular weight excluding hydrogens is 300 g/mol. The number of nitrogens with one attached hydrogen (secondary N) is 1. The molecule has 3 aromatic rings. The van der Waals surface area contributed by atoms with Crippen molar-refractivity contribution in [2.45, 2.75) is 19.4 Å². The molecule has 0 spiro atoms. The van der Waals surface area contributed by atoms with E-state index in [4.69, 9.17) is 4.42 Å². The second-order valence-corrected chi connectivity index (χ2v) is 5.46. The van der Waals surface area contributed by atoms with Crippen molar-refractivity contribution in [3.63, 3.8) is 0 Å². The molecule has 0 aliphatic carbocycles. The Bertz CT molecular complexity index is 824. The Morgan fingerprint density at radius 2 is 1.91 bits per heavy atom. The van der Waals surface area contributed by atoms with E-state index in [1.165, 1.54) is 6.07 Å². The molecule has 2 aromatic carbocycles. The summed E-state index contributed by atoms with van der Waals surface area (Å²) in [5.41, 5.74) is 0.877. The lowest BCUT2D eigenvalue weighted by molar-refractivity contribution is 0.0939. The molecule has 0 radical (unpaired) electrons. The van der Waals surface area contributed by atoms with Crippen LogP contribution in [0.3, 0.4) is 0 Å². The minimum atomic E-state index is -1.04. The van der Waals surface area contributed by atoms with Crippen LogP contribution in [0.5, 0.6) is 0 Å². The highest BCUT2D eigenvalue weighted by Crippen LogP contribution is 2.20. The van der Waals surface area contributed by atoms with E-state index >= 15 is 0 Å². The highest BCUT2D eigenvalue weighted by molar-refractivity contribution is 5.94. The van der Waals surface area contributed by atoms with Crippen molar-refractivity contribution in [2.75, 3.05) is 0 Å². The third kappa shape index (κ3) is 3.39. The van der Waals surface area contributed by atoms with Crippen LogP contribution in [0.15, 0.2) is 52.9 Å². The summed E-state index contributed by atoms with van der Waals surface area (Å²) in [6.07, 6.45) is 0.504. The summed E-state index contributed by atoms with van der Waals surface area (Å²) < 4.78 is 31.8. The standard InChI is InChI=1S/C18H15F2NO2/c1-11(8-14-9-12-4-2-3-5-17(12)23-14)21-18(22)13-6-7-15(19)16(20)10-13/h2-7,9-11H,8H2,1H3,(H,21,22)/t11-/m1/s1. The SMILES string of the molecule is C[C@H](Cc1cc2ccccc2o1)NC(=O)c1ccc(F)c(F)c1. The van der Waals surface area contributed by atoms with Crippen molar-refractivity contribution in [1.82, 2.24) is 5.32 Å². The van der Waals surface area contributed by atoms with Crippen LogP contribution in [0.2, 0.25) is 0 Å². The third-order valence-corrected chi connectivity index (χ3v) is 3.54. The zero-order chi connectivity index (χ0) is 16.4. The third-order valence-electron chi connectivity index (χ3n) is 3.54. The number of hydrogen-bond acceptors (Lipinski definition) is 2. The quantitative estimate of drug-likeness (QED) is 0.788. The minimum Gasteiger partial charge on any atom is -0.461 e. The molecule has 0 bridgehead atoms. The van der Waals surface area contributed by atoms with Gasteiger partial charge in [0.2, 0.25) is 0 Å². The second-order valence-electron chi connectivity index (χ2n) is 5.46. The van der Waals surface area contributed by atoms with Gasteiger partial charge in [0.25, 0.3) is 5.91 Å². The number of halogens is 2. The van der Waals surface area contributed by atoms with Crippen molar-refractivity contribution in [3.8, 4) is 0 Å². The van der Waals surface area contributed by atoms with E-state index in [2.05, 4.69) is 5.32 Å². The second kappa shape index (κ2) is 6.20. The molecule has 1 N–H and O–H groups in total. The molecule has 0 aliphatic rings. The summed E-state index contributed by atoms with van der Waals surface area (Å²) in [5.74, 6) is -1.71. The smallest absolute Gasteiger partial charge is 0.251 e. The largest absolute Gasteiger partial charge is 0.461 e. The first kappa shape index (κ1) is 15.2. The fraction of sp³-hybridized carbons (Fsp3) is 0.167. The Morgan fingerprint density at radius 3 is 2.65 bits per heavy atom. The maximum absolute atomic E-state index is 13.2. The average Bonchev–Trinajstić information content (AvgIpc) is 2.91. The topological polar surface area (TPSA) is 42.2 Å². The van der Waals surface area contributed by atoms with E-state index in [0.717, 1.165) is 28.9 Å². The fourth-order valence-corrected chi connectivity index (χ4v) is 2.43. The molecule has 0 saturated carbocycles. The first-order valence-electron chi connectivity index (χ1n) is 7.26. The Hall–Kier alpha value is -2.69. The minimum absolute atomic E-state index is 0.0837. The van der Waals surface area contributed by atoms with Gasteiger partial charge in [-0.1, -0.05) is 18.2 Å². The van der Waals surface area contributed by atoms with Gasteiger partial charge in [-0.25, -0.2) is 8.78 Å². The first-order chi connectivity index (χ1) is 11.0. The van der Waals surface area contributed by atoms with Crippen LogP contribution in [0.25, 0.3) is 11.0 Å². The van der Waals surface area contributed by atoms with Gasteiger partial charge in [-0.2, -0.15) is 0 Å². The van der Waals surface area contributed by atoms with Gasteiger partial charge in [-0.3, -0.25) is 4.79 Å². The van der Waals surface area contributed by atoms with Crippen LogP contribution in [0.1, 0.15) is 23.0 Å². The Balaban J connectivity index is 1.67. The fourth-order valence-electron chi connectivity index (χ4n) is 2.43. The Kier molecular flexibility index (Phi) is 4.10. The lowest BCUT2D eigenvalue weighted by Gasteiger charge is -2.12. The molecule has 0 aliphatic heterocycles. The van der Waals surface area contributed by atoms with Crippen LogP contribution in [-0.2, 0) is 6.42 Å². The first-order valence-corrected chi connectivity index (χ1v) is 7.26. The lowest BCUT2D eigenvalue weighted by Crippen LogP contribution is -2.34. The van der Waals surface area contributed by atoms with Crippen LogP contribution in [0.4, 0.5) is 8.78 Å². The summed E-state index contributed by atoms with van der Waals surface area (Å²) in [6.45, 7) is 1.82. The number of benzene rings is 2. The van der Waals surface area contributed by atoms with Gasteiger partial charge in [-0.05, 0) is 37.3 Å². The number of carbonyl (C=O) groups is 1. The van der Waals surface area contributed by atoms with Crippen LogP contribution in [0, 0.1) is 11.6 Å². The van der Waals surface area contributed by atoms with E-state index in [0.29, 0.717) is 6.42 Å². The molecule has 3 rings (SSSR count). The van der Waals surface area contributed by atoms with Gasteiger partial charge < -0.3 is 9.73 Å². The highest BCUT2D eigenvalue weighted by atomic mass is 19.2. The van der Waals surface area contributed by atoms with Crippen LogP contribution >= 0.6 is 0 Å². The van der Waals surface area contributed by atoms with E-state index in [1.807, 2.05) is 37.3 Å². The van der Waals surface area contributed by atoms with E-state index in [-0.39, 0.29) is 11.6 Å². The molecule has 5 heteroatoms. The van der Waals surface area contributed by atoms with Gasteiger partial charge in [0.05, 0.1) is 0 Å². The van der Waals surface area contributed by atoms with Gasteiger partial charge in [-0.15, -0.1) is 0 Å². The number of rotatable bonds is 4. The van der Waals surface area contributed by atoms with Crippen molar-refractivity contribution in [1.29, 1.82) is 0 Å². The van der Waals surface area contributed by atoms with Crippen LogP contribution in [-0.4, -0.2) is 11.9 Å². The zero-order valence-corrected chi connectivity index (χ0v) is 12.5. The number of para-hydroxylation sites is 1. The predicted octanol–water partition coefficient (Wildman–Crippen LogP) is 4.07. The van der Waals surface area contributed by atoms with E-state index < -0.39 is 17.5 Å². The lowest BCUT2D eigenvalue weighted by atomic mass is 10.1. The molecule has 1 heterocycles.